The van der Waals surface area contributed by atoms with Crippen molar-refractivity contribution in [1.82, 2.24) is 9.88 Å². The van der Waals surface area contributed by atoms with Crippen molar-refractivity contribution < 1.29 is 14.2 Å². The number of benzene rings is 1. The fraction of sp³-hybridized carbons (Fsp3) is 0.353. The minimum absolute atomic E-state index is 0.163. The Morgan fingerprint density at radius 3 is 2.82 bits per heavy atom. The van der Waals surface area contributed by atoms with Gasteiger partial charge >= 0.3 is 0 Å². The largest absolute Gasteiger partial charge is 0.389 e. The van der Waals surface area contributed by atoms with E-state index in [1.165, 1.54) is 6.07 Å². The summed E-state index contributed by atoms with van der Waals surface area (Å²) in [7, 11) is 1.92. The van der Waals surface area contributed by atoms with Gasteiger partial charge in [-0.1, -0.05) is 24.3 Å². The molecule has 0 bridgehead atoms. The van der Waals surface area contributed by atoms with Crippen LogP contribution in [0.3, 0.4) is 0 Å². The van der Waals surface area contributed by atoms with Crippen LogP contribution >= 0.6 is 0 Å². The van der Waals surface area contributed by atoms with E-state index in [1.807, 2.05) is 24.1 Å². The third kappa shape index (κ3) is 5.52. The van der Waals surface area contributed by atoms with E-state index >= 15 is 0 Å². The maximum Gasteiger partial charge on any atom is 0.128 e. The quantitative estimate of drug-likeness (QED) is 0.812. The Morgan fingerprint density at radius 1 is 1.27 bits per heavy atom. The number of aromatic nitrogens is 1. The molecule has 5 heteroatoms. The minimum Gasteiger partial charge on any atom is -0.389 e. The van der Waals surface area contributed by atoms with Gasteiger partial charge in [-0.15, -0.1) is 0 Å². The number of hydrogen-bond donors (Lipinski definition) is 1. The summed E-state index contributed by atoms with van der Waals surface area (Å²) in [4.78, 5) is 6.05. The SMILES string of the molecule is CN(Cc1cccnc1)CC(O)COCc1ccccc1F. The molecule has 1 atom stereocenters. The monoisotopic (exact) mass is 304 g/mol. The lowest BCUT2D eigenvalue weighted by Crippen LogP contribution is -2.31. The Balaban J connectivity index is 1.69. The number of ether oxygens (including phenoxy) is 1. The molecule has 2 rings (SSSR count). The lowest BCUT2D eigenvalue weighted by molar-refractivity contribution is 0.0119. The average molecular weight is 304 g/mol. The molecule has 1 heterocycles. The van der Waals surface area contributed by atoms with Gasteiger partial charge in [0.2, 0.25) is 0 Å². The van der Waals surface area contributed by atoms with E-state index in [0.717, 1.165) is 5.56 Å². The molecule has 1 aromatic carbocycles. The Kier molecular flexibility index (Phi) is 6.45. The summed E-state index contributed by atoms with van der Waals surface area (Å²) in [6.07, 6.45) is 2.92. The molecule has 2 aromatic rings. The molecule has 0 spiro atoms. The topological polar surface area (TPSA) is 45.6 Å². The summed E-state index contributed by atoms with van der Waals surface area (Å²) in [5, 5.41) is 9.97. The molecule has 118 valence electrons. The van der Waals surface area contributed by atoms with E-state index in [-0.39, 0.29) is 19.0 Å². The molecule has 0 saturated carbocycles. The number of rotatable bonds is 8. The first-order valence-electron chi connectivity index (χ1n) is 7.22. The number of hydrogen-bond acceptors (Lipinski definition) is 4. The van der Waals surface area contributed by atoms with Gasteiger partial charge in [-0.25, -0.2) is 4.39 Å². The molecule has 1 N–H and O–H groups in total. The van der Waals surface area contributed by atoms with Crippen molar-refractivity contribution in [2.45, 2.75) is 19.3 Å². The third-order valence-electron chi connectivity index (χ3n) is 3.22. The Morgan fingerprint density at radius 2 is 2.09 bits per heavy atom. The van der Waals surface area contributed by atoms with Crippen LogP contribution < -0.4 is 0 Å². The summed E-state index contributed by atoms with van der Waals surface area (Å²) < 4.78 is 18.8. The summed E-state index contributed by atoms with van der Waals surface area (Å²) in [6, 6.07) is 10.4. The van der Waals surface area contributed by atoms with Crippen LogP contribution in [0.5, 0.6) is 0 Å². The highest BCUT2D eigenvalue weighted by molar-refractivity contribution is 5.16. The molecule has 0 aliphatic rings. The molecule has 0 saturated heterocycles. The Labute approximate surface area is 130 Å². The number of aliphatic hydroxyl groups is 1. The molecule has 0 aliphatic carbocycles. The van der Waals surface area contributed by atoms with Crippen LogP contribution in [0.4, 0.5) is 4.39 Å². The van der Waals surface area contributed by atoms with Gasteiger partial charge in [0.1, 0.15) is 5.82 Å². The van der Waals surface area contributed by atoms with E-state index < -0.39 is 6.10 Å². The van der Waals surface area contributed by atoms with Crippen LogP contribution in [-0.4, -0.2) is 41.3 Å². The van der Waals surface area contributed by atoms with Gasteiger partial charge < -0.3 is 9.84 Å². The fourth-order valence-corrected chi connectivity index (χ4v) is 2.20. The van der Waals surface area contributed by atoms with Crippen LogP contribution in [0.25, 0.3) is 0 Å². The molecule has 1 unspecified atom stereocenters. The maximum absolute atomic E-state index is 13.4. The van der Waals surface area contributed by atoms with Crippen LogP contribution in [0, 0.1) is 5.82 Å². The van der Waals surface area contributed by atoms with Crippen LogP contribution in [0.1, 0.15) is 11.1 Å². The zero-order valence-corrected chi connectivity index (χ0v) is 12.7. The standard InChI is InChI=1S/C17H21FN2O2/c1-20(10-14-5-4-8-19-9-14)11-16(21)13-22-12-15-6-2-3-7-17(15)18/h2-9,16,21H,10-13H2,1H3. The summed E-state index contributed by atoms with van der Waals surface area (Å²) >= 11 is 0. The highest BCUT2D eigenvalue weighted by atomic mass is 19.1. The van der Waals surface area contributed by atoms with Crippen molar-refractivity contribution in [2.24, 2.45) is 0 Å². The van der Waals surface area contributed by atoms with Crippen molar-refractivity contribution in [3.63, 3.8) is 0 Å². The first kappa shape index (κ1) is 16.5. The number of halogens is 1. The second-order valence-electron chi connectivity index (χ2n) is 5.32. The lowest BCUT2D eigenvalue weighted by Gasteiger charge is -2.20. The maximum atomic E-state index is 13.4. The first-order valence-corrected chi connectivity index (χ1v) is 7.22. The number of likely N-dealkylation sites (N-methyl/N-ethyl adjacent to an activating group) is 1. The summed E-state index contributed by atoms with van der Waals surface area (Å²) in [6.45, 7) is 1.52. The molecule has 4 nitrogen and oxygen atoms in total. The van der Waals surface area contributed by atoms with Gasteiger partial charge in [-0.2, -0.15) is 0 Å². The summed E-state index contributed by atoms with van der Waals surface area (Å²) in [5.74, 6) is -0.286. The van der Waals surface area contributed by atoms with Gasteiger partial charge in [0.25, 0.3) is 0 Å². The van der Waals surface area contributed by atoms with Crippen molar-refractivity contribution in [1.29, 1.82) is 0 Å². The van der Waals surface area contributed by atoms with Gasteiger partial charge in [0.15, 0.2) is 0 Å². The molecular weight excluding hydrogens is 283 g/mol. The van der Waals surface area contributed by atoms with Gasteiger partial charge in [-0.3, -0.25) is 9.88 Å². The average Bonchev–Trinajstić information content (AvgIpc) is 2.50. The predicted octanol–water partition coefficient (Wildman–Crippen LogP) is 2.23. The molecule has 1 aromatic heterocycles. The normalized spacial score (nSPS) is 12.5. The van der Waals surface area contributed by atoms with Crippen LogP contribution in [0.15, 0.2) is 48.8 Å². The molecule has 0 radical (unpaired) electrons. The third-order valence-corrected chi connectivity index (χ3v) is 3.22. The molecule has 0 amide bonds. The smallest absolute Gasteiger partial charge is 0.128 e. The molecule has 22 heavy (non-hydrogen) atoms. The van der Waals surface area contributed by atoms with E-state index in [1.54, 1.807) is 30.6 Å². The van der Waals surface area contributed by atoms with Crippen LogP contribution in [-0.2, 0) is 17.9 Å². The first-order chi connectivity index (χ1) is 10.6. The zero-order chi connectivity index (χ0) is 15.8. The number of nitrogens with zero attached hydrogens (tertiary/aromatic N) is 2. The summed E-state index contributed by atoms with van der Waals surface area (Å²) in [5.41, 5.74) is 1.59. The second-order valence-corrected chi connectivity index (χ2v) is 5.32. The van der Waals surface area contributed by atoms with E-state index in [2.05, 4.69) is 4.98 Å². The van der Waals surface area contributed by atoms with Gasteiger partial charge in [0.05, 0.1) is 19.3 Å². The second kappa shape index (κ2) is 8.58. The van der Waals surface area contributed by atoms with Crippen molar-refractivity contribution >= 4 is 0 Å². The fourth-order valence-electron chi connectivity index (χ4n) is 2.20. The van der Waals surface area contributed by atoms with Crippen molar-refractivity contribution in [3.05, 3.63) is 65.7 Å². The Bertz CT molecular complexity index is 566. The molecule has 0 fully saturated rings. The van der Waals surface area contributed by atoms with E-state index in [9.17, 15) is 9.50 Å². The number of pyridine rings is 1. The number of aliphatic hydroxyl groups excluding tert-OH is 1. The van der Waals surface area contributed by atoms with E-state index in [4.69, 9.17) is 4.74 Å². The van der Waals surface area contributed by atoms with E-state index in [0.29, 0.717) is 18.7 Å². The minimum atomic E-state index is -0.617. The lowest BCUT2D eigenvalue weighted by atomic mass is 10.2. The highest BCUT2D eigenvalue weighted by Gasteiger charge is 2.10. The van der Waals surface area contributed by atoms with Crippen molar-refractivity contribution in [2.75, 3.05) is 20.2 Å². The predicted molar refractivity (Wildman–Crippen MR) is 82.6 cm³/mol. The molecular formula is C17H21FN2O2. The molecule has 0 aliphatic heterocycles. The van der Waals surface area contributed by atoms with Gasteiger partial charge in [0, 0.05) is 31.0 Å². The van der Waals surface area contributed by atoms with Gasteiger partial charge in [-0.05, 0) is 24.7 Å². The highest BCUT2D eigenvalue weighted by Crippen LogP contribution is 2.08. The van der Waals surface area contributed by atoms with Crippen LogP contribution in [0.2, 0.25) is 0 Å². The van der Waals surface area contributed by atoms with Crippen molar-refractivity contribution in [3.8, 4) is 0 Å². The zero-order valence-electron chi connectivity index (χ0n) is 12.7. The Hall–Kier alpha value is -1.82.